The van der Waals surface area contributed by atoms with E-state index in [0.29, 0.717) is 43.0 Å². The van der Waals surface area contributed by atoms with Crippen LogP contribution in [0.1, 0.15) is 66.2 Å². The lowest BCUT2D eigenvalue weighted by Crippen LogP contribution is -2.52. The van der Waals surface area contributed by atoms with E-state index in [1.165, 1.54) is 25.7 Å². The van der Waals surface area contributed by atoms with Crippen molar-refractivity contribution < 1.29 is 19.1 Å². The summed E-state index contributed by atoms with van der Waals surface area (Å²) in [6.45, 7) is 9.04. The third-order valence-corrected chi connectivity index (χ3v) is 8.90. The van der Waals surface area contributed by atoms with Gasteiger partial charge < -0.3 is 14.4 Å². The van der Waals surface area contributed by atoms with Crippen LogP contribution in [-0.2, 0) is 14.3 Å². The molecule has 2 saturated carbocycles. The topological polar surface area (TPSA) is 55.8 Å². The van der Waals surface area contributed by atoms with Gasteiger partial charge in [-0.1, -0.05) is 0 Å². The number of ether oxygens (including phenoxy) is 2. The summed E-state index contributed by atoms with van der Waals surface area (Å²) in [7, 11) is 0. The summed E-state index contributed by atoms with van der Waals surface area (Å²) in [4.78, 5) is 27.3. The zero-order valence-electron chi connectivity index (χ0n) is 17.0. The molecular weight excluding hydrogens is 382 g/mol. The number of rotatable bonds is 7. The molecule has 7 heteroatoms. The van der Waals surface area contributed by atoms with E-state index in [2.05, 4.69) is 0 Å². The van der Waals surface area contributed by atoms with E-state index in [-0.39, 0.29) is 16.6 Å². The fourth-order valence-electron chi connectivity index (χ4n) is 3.28. The van der Waals surface area contributed by atoms with Gasteiger partial charge in [-0.25, -0.2) is 4.79 Å². The monoisotopic (exact) mass is 415 g/mol. The number of esters is 1. The molecule has 1 aliphatic heterocycles. The first kappa shape index (κ1) is 21.2. The van der Waals surface area contributed by atoms with Crippen molar-refractivity contribution >= 4 is 35.6 Å². The summed E-state index contributed by atoms with van der Waals surface area (Å²) in [5.41, 5.74) is -0.992. The Bertz CT molecular complexity index is 533. The van der Waals surface area contributed by atoms with Gasteiger partial charge in [0.05, 0.1) is 16.6 Å². The number of amides is 1. The second-order valence-electron chi connectivity index (χ2n) is 8.85. The normalized spacial score (nSPS) is 22.6. The molecule has 0 aromatic rings. The van der Waals surface area contributed by atoms with Crippen molar-refractivity contribution in [1.82, 2.24) is 4.90 Å². The fraction of sp³-hybridized carbons (Fsp3) is 0.900. The second kappa shape index (κ2) is 8.44. The van der Waals surface area contributed by atoms with E-state index >= 15 is 0 Å². The Morgan fingerprint density at radius 3 is 2.00 bits per heavy atom. The van der Waals surface area contributed by atoms with Gasteiger partial charge in [0.2, 0.25) is 0 Å². The number of hydrogen-bond acceptors (Lipinski definition) is 6. The van der Waals surface area contributed by atoms with Gasteiger partial charge in [-0.05, 0) is 66.2 Å². The Morgan fingerprint density at radius 1 is 1.07 bits per heavy atom. The van der Waals surface area contributed by atoms with Gasteiger partial charge in [0, 0.05) is 23.6 Å². The molecule has 0 spiro atoms. The van der Waals surface area contributed by atoms with Crippen molar-refractivity contribution in [3.05, 3.63) is 0 Å². The van der Waals surface area contributed by atoms with Crippen LogP contribution < -0.4 is 0 Å². The van der Waals surface area contributed by atoms with Crippen molar-refractivity contribution in [3.8, 4) is 0 Å². The van der Waals surface area contributed by atoms with E-state index < -0.39 is 11.0 Å². The number of hydrogen-bond donors (Lipinski definition) is 0. The molecule has 0 aromatic heterocycles. The smallest absolute Gasteiger partial charge is 0.410 e. The molecule has 0 bridgehead atoms. The van der Waals surface area contributed by atoms with Crippen LogP contribution >= 0.6 is 23.5 Å². The Balaban J connectivity index is 1.71. The van der Waals surface area contributed by atoms with Crippen LogP contribution in [0, 0.1) is 5.41 Å². The third kappa shape index (κ3) is 5.72. The molecule has 3 aliphatic rings. The third-order valence-electron chi connectivity index (χ3n) is 5.12. The number of piperidine rings is 1. The molecule has 0 radical (unpaired) electrons. The van der Waals surface area contributed by atoms with Crippen LogP contribution in [0.25, 0.3) is 0 Å². The zero-order chi connectivity index (χ0) is 19.7. The first-order valence-electron chi connectivity index (χ1n) is 10.2. The van der Waals surface area contributed by atoms with Crippen molar-refractivity contribution in [2.24, 2.45) is 5.41 Å². The summed E-state index contributed by atoms with van der Waals surface area (Å²) in [6.07, 6.45) is 6.08. The van der Waals surface area contributed by atoms with Gasteiger partial charge in [-0.3, -0.25) is 4.79 Å². The lowest BCUT2D eigenvalue weighted by atomic mass is 9.80. The number of carbonyl (C=O) groups excluding carboxylic acids is 2. The van der Waals surface area contributed by atoms with Gasteiger partial charge in [0.15, 0.2) is 0 Å². The first-order valence-corrected chi connectivity index (χ1v) is 12.1. The maximum Gasteiger partial charge on any atom is 0.410 e. The molecule has 27 heavy (non-hydrogen) atoms. The molecule has 0 N–H and O–H groups in total. The Hall–Kier alpha value is -0.560. The van der Waals surface area contributed by atoms with Gasteiger partial charge in [-0.15, -0.1) is 23.5 Å². The maximum atomic E-state index is 13.1. The Kier molecular flexibility index (Phi) is 6.61. The van der Waals surface area contributed by atoms with Crippen LogP contribution in [0.3, 0.4) is 0 Å². The SMILES string of the molecule is CCOC(=O)C1(C(SC2CC2)SC2CC2)CCN(C(=O)OC(C)(C)C)CC1. The van der Waals surface area contributed by atoms with E-state index in [4.69, 9.17) is 9.47 Å². The Labute approximate surface area is 171 Å². The molecular formula is C20H33NO4S2. The molecule has 2 aliphatic carbocycles. The minimum Gasteiger partial charge on any atom is -0.466 e. The molecule has 1 amide bonds. The summed E-state index contributed by atoms with van der Waals surface area (Å²) in [5, 5.41) is 1.38. The highest BCUT2D eigenvalue weighted by atomic mass is 32.2. The number of nitrogens with zero attached hydrogens (tertiary/aromatic N) is 1. The lowest BCUT2D eigenvalue weighted by molar-refractivity contribution is -0.157. The standard InChI is InChI=1S/C20H33NO4S2/c1-5-24-16(22)20(17(26-14-6-7-14)27-15-8-9-15)10-12-21(13-11-20)18(23)25-19(2,3)4/h14-15,17H,5-13H2,1-4H3. The highest BCUT2D eigenvalue weighted by Crippen LogP contribution is 2.55. The zero-order valence-corrected chi connectivity index (χ0v) is 18.6. The van der Waals surface area contributed by atoms with Crippen molar-refractivity contribution in [2.45, 2.75) is 86.9 Å². The minimum atomic E-state index is -0.501. The maximum absolute atomic E-state index is 13.1. The highest BCUT2D eigenvalue weighted by Gasteiger charge is 2.53. The van der Waals surface area contributed by atoms with Gasteiger partial charge in [0.1, 0.15) is 5.60 Å². The van der Waals surface area contributed by atoms with Crippen LogP contribution in [-0.4, -0.2) is 57.3 Å². The summed E-state index contributed by atoms with van der Waals surface area (Å²) < 4.78 is 11.3. The predicted molar refractivity (Wildman–Crippen MR) is 111 cm³/mol. The average molecular weight is 416 g/mol. The van der Waals surface area contributed by atoms with Crippen LogP contribution in [0.5, 0.6) is 0 Å². The van der Waals surface area contributed by atoms with E-state index in [0.717, 1.165) is 0 Å². The van der Waals surface area contributed by atoms with E-state index in [1.807, 2.05) is 51.2 Å². The lowest BCUT2D eigenvalue weighted by Gasteiger charge is -2.44. The van der Waals surface area contributed by atoms with E-state index in [9.17, 15) is 9.59 Å². The second-order valence-corrected chi connectivity index (χ2v) is 12.0. The molecule has 0 unspecified atom stereocenters. The number of carbonyl (C=O) groups is 2. The van der Waals surface area contributed by atoms with Gasteiger partial charge in [-0.2, -0.15) is 0 Å². The molecule has 3 fully saturated rings. The largest absolute Gasteiger partial charge is 0.466 e. The molecule has 1 saturated heterocycles. The Morgan fingerprint density at radius 2 is 1.59 bits per heavy atom. The van der Waals surface area contributed by atoms with Crippen LogP contribution in [0.15, 0.2) is 0 Å². The van der Waals surface area contributed by atoms with Gasteiger partial charge in [0.25, 0.3) is 0 Å². The number of thioether (sulfide) groups is 2. The first-order chi connectivity index (χ1) is 12.7. The van der Waals surface area contributed by atoms with E-state index in [1.54, 1.807) is 4.90 Å². The van der Waals surface area contributed by atoms with Crippen LogP contribution in [0.4, 0.5) is 4.79 Å². The fourth-order valence-corrected chi connectivity index (χ4v) is 7.18. The molecule has 1 heterocycles. The van der Waals surface area contributed by atoms with Gasteiger partial charge >= 0.3 is 12.1 Å². The number of likely N-dealkylation sites (tertiary alicyclic amines) is 1. The molecule has 5 nitrogen and oxygen atoms in total. The highest BCUT2D eigenvalue weighted by molar-refractivity contribution is 8.17. The average Bonchev–Trinajstić information content (AvgIpc) is 3.49. The summed E-state index contributed by atoms with van der Waals surface area (Å²) in [6, 6.07) is 0. The summed E-state index contributed by atoms with van der Waals surface area (Å²) >= 11 is 3.97. The molecule has 0 aromatic carbocycles. The summed E-state index contributed by atoms with van der Waals surface area (Å²) in [5.74, 6) is -0.0693. The quantitative estimate of drug-likeness (QED) is 0.444. The van der Waals surface area contributed by atoms with Crippen LogP contribution in [0.2, 0.25) is 0 Å². The van der Waals surface area contributed by atoms with Crippen molar-refractivity contribution in [1.29, 1.82) is 0 Å². The van der Waals surface area contributed by atoms with Crippen molar-refractivity contribution in [2.75, 3.05) is 19.7 Å². The molecule has 154 valence electrons. The predicted octanol–water partition coefficient (Wildman–Crippen LogP) is 4.68. The molecule has 3 rings (SSSR count). The molecule has 0 atom stereocenters. The van der Waals surface area contributed by atoms with Crippen molar-refractivity contribution in [3.63, 3.8) is 0 Å². The minimum absolute atomic E-state index is 0.0693.